The molecule has 2 atom stereocenters. The SMILES string of the molecule is CC1CC(O)CN1C(=O)CCN1C(=O)CCC1=O. The number of nitrogens with zero attached hydrogens (tertiary/aromatic N) is 2. The van der Waals surface area contributed by atoms with Gasteiger partial charge in [-0.2, -0.15) is 0 Å². The molecule has 6 heteroatoms. The highest BCUT2D eigenvalue weighted by Crippen LogP contribution is 2.19. The third-order valence-corrected chi connectivity index (χ3v) is 3.58. The second-order valence-corrected chi connectivity index (χ2v) is 4.97. The van der Waals surface area contributed by atoms with Gasteiger partial charge < -0.3 is 10.0 Å². The smallest absolute Gasteiger partial charge is 0.229 e. The van der Waals surface area contributed by atoms with Crippen LogP contribution in [0.15, 0.2) is 0 Å². The fourth-order valence-corrected chi connectivity index (χ4v) is 2.57. The van der Waals surface area contributed by atoms with Crippen molar-refractivity contribution < 1.29 is 19.5 Å². The van der Waals surface area contributed by atoms with E-state index in [1.807, 2.05) is 6.92 Å². The molecule has 2 rings (SSSR count). The summed E-state index contributed by atoms with van der Waals surface area (Å²) in [5.74, 6) is -0.490. The number of carbonyl (C=O) groups is 3. The number of rotatable bonds is 3. The predicted molar refractivity (Wildman–Crippen MR) is 62.4 cm³/mol. The van der Waals surface area contributed by atoms with E-state index in [-0.39, 0.29) is 49.6 Å². The van der Waals surface area contributed by atoms with E-state index < -0.39 is 6.10 Å². The zero-order chi connectivity index (χ0) is 13.3. The number of amides is 3. The van der Waals surface area contributed by atoms with Gasteiger partial charge in [-0.15, -0.1) is 0 Å². The zero-order valence-corrected chi connectivity index (χ0v) is 10.5. The van der Waals surface area contributed by atoms with Crippen molar-refractivity contribution in [2.24, 2.45) is 0 Å². The number of aliphatic hydroxyl groups is 1. The molecule has 0 radical (unpaired) electrons. The lowest BCUT2D eigenvalue weighted by Gasteiger charge is -2.22. The van der Waals surface area contributed by atoms with E-state index in [1.165, 1.54) is 0 Å². The maximum absolute atomic E-state index is 11.9. The van der Waals surface area contributed by atoms with Crippen LogP contribution < -0.4 is 0 Å². The number of hydrogen-bond acceptors (Lipinski definition) is 4. The van der Waals surface area contributed by atoms with Crippen molar-refractivity contribution in [3.8, 4) is 0 Å². The van der Waals surface area contributed by atoms with Gasteiger partial charge in [0.05, 0.1) is 6.10 Å². The molecule has 2 unspecified atom stereocenters. The molecule has 0 aromatic rings. The summed E-state index contributed by atoms with van der Waals surface area (Å²) in [6.45, 7) is 2.40. The van der Waals surface area contributed by atoms with Crippen LogP contribution in [-0.4, -0.2) is 57.9 Å². The number of imide groups is 1. The highest BCUT2D eigenvalue weighted by molar-refractivity contribution is 6.02. The lowest BCUT2D eigenvalue weighted by molar-refractivity contribution is -0.139. The van der Waals surface area contributed by atoms with Gasteiger partial charge in [0.2, 0.25) is 17.7 Å². The fraction of sp³-hybridized carbons (Fsp3) is 0.750. The molecule has 2 aliphatic rings. The summed E-state index contributed by atoms with van der Waals surface area (Å²) in [6, 6.07) is 0.0254. The average molecular weight is 254 g/mol. The van der Waals surface area contributed by atoms with Gasteiger partial charge in [-0.05, 0) is 13.3 Å². The molecule has 0 spiro atoms. The van der Waals surface area contributed by atoms with Crippen LogP contribution in [0.1, 0.15) is 32.6 Å². The number of β-amino-alcohol motifs (C(OH)–C–C–N with tert-alkyl or cyclic N) is 1. The van der Waals surface area contributed by atoms with Crippen LogP contribution in [0.4, 0.5) is 0 Å². The Morgan fingerprint density at radius 2 is 1.94 bits per heavy atom. The van der Waals surface area contributed by atoms with Crippen molar-refractivity contribution in [1.29, 1.82) is 0 Å². The Bertz CT molecular complexity index is 366. The monoisotopic (exact) mass is 254 g/mol. The van der Waals surface area contributed by atoms with Gasteiger partial charge in [-0.25, -0.2) is 0 Å². The van der Waals surface area contributed by atoms with E-state index in [1.54, 1.807) is 4.90 Å². The van der Waals surface area contributed by atoms with Gasteiger partial charge >= 0.3 is 0 Å². The lowest BCUT2D eigenvalue weighted by Crippen LogP contribution is -2.38. The number of hydrogen-bond donors (Lipinski definition) is 1. The predicted octanol–water partition coefficient (Wildman–Crippen LogP) is -0.493. The van der Waals surface area contributed by atoms with Crippen molar-refractivity contribution in [1.82, 2.24) is 9.80 Å². The quantitative estimate of drug-likeness (QED) is 0.689. The van der Waals surface area contributed by atoms with Crippen LogP contribution in [0, 0.1) is 0 Å². The Kier molecular flexibility index (Phi) is 3.65. The lowest BCUT2D eigenvalue weighted by atomic mass is 10.2. The van der Waals surface area contributed by atoms with Crippen LogP contribution in [0.3, 0.4) is 0 Å². The summed E-state index contributed by atoms with van der Waals surface area (Å²) in [5, 5.41) is 9.47. The number of likely N-dealkylation sites (tertiary alicyclic amines) is 2. The van der Waals surface area contributed by atoms with E-state index in [9.17, 15) is 19.5 Å². The summed E-state index contributed by atoms with van der Waals surface area (Å²) in [5.41, 5.74) is 0. The van der Waals surface area contributed by atoms with Crippen molar-refractivity contribution in [2.75, 3.05) is 13.1 Å². The summed E-state index contributed by atoms with van der Waals surface area (Å²) in [4.78, 5) is 37.5. The van der Waals surface area contributed by atoms with E-state index in [0.717, 1.165) is 4.90 Å². The third kappa shape index (κ3) is 2.53. The number of carbonyl (C=O) groups excluding carboxylic acids is 3. The van der Waals surface area contributed by atoms with Gasteiger partial charge in [0.1, 0.15) is 0 Å². The van der Waals surface area contributed by atoms with Gasteiger partial charge in [-0.3, -0.25) is 19.3 Å². The Hall–Kier alpha value is -1.43. The zero-order valence-electron chi connectivity index (χ0n) is 10.5. The Morgan fingerprint density at radius 1 is 1.33 bits per heavy atom. The molecule has 18 heavy (non-hydrogen) atoms. The standard InChI is InChI=1S/C12H18N2O4/c1-8-6-9(15)7-14(8)12(18)4-5-13-10(16)2-3-11(13)17/h8-9,15H,2-7H2,1H3. The minimum Gasteiger partial charge on any atom is -0.391 e. The first-order valence-electron chi connectivity index (χ1n) is 6.29. The molecule has 2 fully saturated rings. The van der Waals surface area contributed by atoms with Crippen LogP contribution in [-0.2, 0) is 14.4 Å². The van der Waals surface area contributed by atoms with Crippen molar-refractivity contribution in [3.05, 3.63) is 0 Å². The van der Waals surface area contributed by atoms with Crippen molar-refractivity contribution in [3.63, 3.8) is 0 Å². The maximum Gasteiger partial charge on any atom is 0.229 e. The molecule has 0 saturated carbocycles. The Balaban J connectivity index is 1.85. The Labute approximate surface area is 106 Å². The summed E-state index contributed by atoms with van der Waals surface area (Å²) in [6.07, 6.45) is 0.790. The molecular weight excluding hydrogens is 236 g/mol. The van der Waals surface area contributed by atoms with Crippen LogP contribution in [0.2, 0.25) is 0 Å². The molecule has 0 bridgehead atoms. The van der Waals surface area contributed by atoms with Crippen molar-refractivity contribution in [2.45, 2.75) is 44.8 Å². The molecule has 2 heterocycles. The third-order valence-electron chi connectivity index (χ3n) is 3.58. The molecule has 0 aromatic heterocycles. The molecule has 1 N–H and O–H groups in total. The largest absolute Gasteiger partial charge is 0.391 e. The normalized spacial score (nSPS) is 28.3. The molecule has 0 aromatic carbocycles. The van der Waals surface area contributed by atoms with E-state index in [2.05, 4.69) is 0 Å². The summed E-state index contributed by atoms with van der Waals surface area (Å²) >= 11 is 0. The average Bonchev–Trinajstić information content (AvgIpc) is 2.80. The maximum atomic E-state index is 11.9. The van der Waals surface area contributed by atoms with E-state index in [4.69, 9.17) is 0 Å². The van der Waals surface area contributed by atoms with Gasteiger partial charge in [0.15, 0.2) is 0 Å². The molecule has 100 valence electrons. The topological polar surface area (TPSA) is 77.9 Å². The molecular formula is C12H18N2O4. The Morgan fingerprint density at radius 3 is 2.44 bits per heavy atom. The van der Waals surface area contributed by atoms with Gasteiger partial charge in [0.25, 0.3) is 0 Å². The minimum absolute atomic E-state index is 0.0254. The molecule has 6 nitrogen and oxygen atoms in total. The van der Waals surface area contributed by atoms with E-state index >= 15 is 0 Å². The summed E-state index contributed by atoms with van der Waals surface area (Å²) in [7, 11) is 0. The van der Waals surface area contributed by atoms with Crippen LogP contribution >= 0.6 is 0 Å². The molecule has 3 amide bonds. The highest BCUT2D eigenvalue weighted by Gasteiger charge is 2.33. The van der Waals surface area contributed by atoms with Crippen LogP contribution in [0.5, 0.6) is 0 Å². The summed E-state index contributed by atoms with van der Waals surface area (Å²) < 4.78 is 0. The minimum atomic E-state index is -0.459. The first-order valence-corrected chi connectivity index (χ1v) is 6.29. The van der Waals surface area contributed by atoms with Crippen molar-refractivity contribution >= 4 is 17.7 Å². The highest BCUT2D eigenvalue weighted by atomic mass is 16.3. The number of aliphatic hydroxyl groups excluding tert-OH is 1. The molecule has 2 saturated heterocycles. The second kappa shape index (κ2) is 5.06. The van der Waals surface area contributed by atoms with Crippen LogP contribution in [0.25, 0.3) is 0 Å². The van der Waals surface area contributed by atoms with Gasteiger partial charge in [0, 0.05) is 38.4 Å². The van der Waals surface area contributed by atoms with E-state index in [0.29, 0.717) is 13.0 Å². The first-order chi connectivity index (χ1) is 8.49. The van der Waals surface area contributed by atoms with Gasteiger partial charge in [-0.1, -0.05) is 0 Å². The fourth-order valence-electron chi connectivity index (χ4n) is 2.57. The molecule has 0 aliphatic carbocycles. The molecule has 2 aliphatic heterocycles. The first kappa shape index (κ1) is 13.0. The second-order valence-electron chi connectivity index (χ2n) is 4.97.